The number of aryl methyl sites for hydroxylation is 2. The van der Waals surface area contributed by atoms with Crippen LogP contribution in [0.3, 0.4) is 0 Å². The van der Waals surface area contributed by atoms with E-state index in [4.69, 9.17) is 0 Å². The van der Waals surface area contributed by atoms with Crippen LogP contribution in [-0.4, -0.2) is 9.78 Å². The van der Waals surface area contributed by atoms with Crippen molar-refractivity contribution in [2.45, 2.75) is 33.6 Å². The molecule has 0 atom stereocenters. The lowest BCUT2D eigenvalue weighted by Crippen LogP contribution is -2.17. The predicted molar refractivity (Wildman–Crippen MR) is 95.4 cm³/mol. The Kier molecular flexibility index (Phi) is 3.95. The van der Waals surface area contributed by atoms with Crippen molar-refractivity contribution in [3.8, 4) is 16.9 Å². The zero-order valence-electron chi connectivity index (χ0n) is 14.1. The minimum atomic E-state index is 0.0272. The first-order chi connectivity index (χ1) is 11.0. The van der Waals surface area contributed by atoms with Crippen molar-refractivity contribution < 1.29 is 0 Å². The zero-order chi connectivity index (χ0) is 16.6. The van der Waals surface area contributed by atoms with E-state index in [9.17, 15) is 4.79 Å². The predicted octanol–water partition coefficient (Wildman–Crippen LogP) is 4.57. The first kappa shape index (κ1) is 15.3. The largest absolute Gasteiger partial charge is 0.290 e. The number of nitrogens with one attached hydrogen (secondary N) is 1. The van der Waals surface area contributed by atoms with E-state index in [-0.39, 0.29) is 11.5 Å². The number of H-pyrrole nitrogens is 1. The third-order valence-electron chi connectivity index (χ3n) is 4.14. The zero-order valence-corrected chi connectivity index (χ0v) is 14.1. The molecule has 1 heterocycles. The summed E-state index contributed by atoms with van der Waals surface area (Å²) in [6, 6.07) is 16.2. The Morgan fingerprint density at radius 3 is 1.91 bits per heavy atom. The maximum atomic E-state index is 12.9. The number of aromatic nitrogens is 2. The smallest absolute Gasteiger partial charge is 0.275 e. The van der Waals surface area contributed by atoms with Crippen molar-refractivity contribution in [1.82, 2.24) is 9.78 Å². The summed E-state index contributed by atoms with van der Waals surface area (Å²) in [5.41, 5.74) is 6.05. The lowest BCUT2D eigenvalue weighted by molar-refractivity contribution is 0.825. The average molecular weight is 306 g/mol. The number of hydrogen-bond acceptors (Lipinski definition) is 1. The molecule has 0 fully saturated rings. The first-order valence-electron chi connectivity index (χ1n) is 7.96. The fourth-order valence-corrected chi connectivity index (χ4v) is 2.80. The van der Waals surface area contributed by atoms with Gasteiger partial charge in [-0.25, -0.2) is 4.68 Å². The van der Waals surface area contributed by atoms with Crippen LogP contribution in [0.25, 0.3) is 16.9 Å². The molecular formula is C20H22N2O. The molecule has 3 nitrogen and oxygen atoms in total. The molecule has 2 aromatic carbocycles. The lowest BCUT2D eigenvalue weighted by Gasteiger charge is -2.05. The van der Waals surface area contributed by atoms with Crippen LogP contribution in [0.2, 0.25) is 0 Å². The van der Waals surface area contributed by atoms with Gasteiger partial charge in [0.25, 0.3) is 5.56 Å². The Bertz CT molecular complexity index is 866. The Morgan fingerprint density at radius 1 is 0.870 bits per heavy atom. The van der Waals surface area contributed by atoms with Gasteiger partial charge < -0.3 is 0 Å². The summed E-state index contributed by atoms with van der Waals surface area (Å²) in [7, 11) is 0. The van der Waals surface area contributed by atoms with E-state index in [1.54, 1.807) is 4.68 Å². The van der Waals surface area contributed by atoms with E-state index < -0.39 is 0 Å². The maximum Gasteiger partial charge on any atom is 0.275 e. The van der Waals surface area contributed by atoms with Gasteiger partial charge in [-0.3, -0.25) is 9.89 Å². The van der Waals surface area contributed by atoms with Crippen LogP contribution in [0.4, 0.5) is 0 Å². The monoisotopic (exact) mass is 306 g/mol. The molecule has 0 saturated carbocycles. The molecule has 1 aromatic heterocycles. The van der Waals surface area contributed by atoms with Gasteiger partial charge in [-0.1, -0.05) is 61.4 Å². The Balaban J connectivity index is 2.20. The van der Waals surface area contributed by atoms with Crippen molar-refractivity contribution in [1.29, 1.82) is 0 Å². The molecule has 0 aliphatic carbocycles. The average Bonchev–Trinajstić information content (AvgIpc) is 2.86. The van der Waals surface area contributed by atoms with Crippen molar-refractivity contribution in [2.75, 3.05) is 0 Å². The summed E-state index contributed by atoms with van der Waals surface area (Å²) in [6.07, 6.45) is 0. The van der Waals surface area contributed by atoms with Crippen LogP contribution in [0.15, 0.2) is 53.3 Å². The molecular weight excluding hydrogens is 284 g/mol. The Hall–Kier alpha value is -2.55. The highest BCUT2D eigenvalue weighted by Crippen LogP contribution is 2.26. The minimum absolute atomic E-state index is 0.0272. The van der Waals surface area contributed by atoms with Crippen LogP contribution >= 0.6 is 0 Å². The van der Waals surface area contributed by atoms with Gasteiger partial charge in [-0.05, 0) is 37.5 Å². The first-order valence-corrected chi connectivity index (χ1v) is 7.96. The summed E-state index contributed by atoms with van der Waals surface area (Å²) in [5, 5.41) is 3.31. The van der Waals surface area contributed by atoms with E-state index >= 15 is 0 Å². The van der Waals surface area contributed by atoms with Gasteiger partial charge in [0.1, 0.15) is 0 Å². The van der Waals surface area contributed by atoms with Crippen LogP contribution in [0.5, 0.6) is 0 Å². The molecule has 23 heavy (non-hydrogen) atoms. The second kappa shape index (κ2) is 5.92. The molecule has 3 rings (SSSR count). The molecule has 3 heteroatoms. The molecule has 3 aromatic rings. The van der Waals surface area contributed by atoms with Crippen molar-refractivity contribution in [3.63, 3.8) is 0 Å². The fraction of sp³-hybridized carbons (Fsp3) is 0.250. The molecule has 0 bridgehead atoms. The number of aromatic amines is 1. The summed E-state index contributed by atoms with van der Waals surface area (Å²) in [6.45, 7) is 8.22. The van der Waals surface area contributed by atoms with Gasteiger partial charge in [0.05, 0.1) is 11.4 Å². The molecule has 0 amide bonds. The molecule has 0 aliphatic heterocycles. The van der Waals surface area contributed by atoms with E-state index in [1.165, 1.54) is 11.1 Å². The molecule has 0 unspecified atom stereocenters. The second-order valence-electron chi connectivity index (χ2n) is 6.40. The highest BCUT2D eigenvalue weighted by Gasteiger charge is 2.19. The van der Waals surface area contributed by atoms with Crippen LogP contribution in [0, 0.1) is 13.8 Å². The quantitative estimate of drug-likeness (QED) is 0.756. The van der Waals surface area contributed by atoms with Crippen LogP contribution < -0.4 is 5.56 Å². The van der Waals surface area contributed by atoms with Gasteiger partial charge in [0.15, 0.2) is 0 Å². The second-order valence-corrected chi connectivity index (χ2v) is 6.40. The van der Waals surface area contributed by atoms with Gasteiger partial charge in [0, 0.05) is 5.56 Å². The Labute approximate surface area is 136 Å². The highest BCUT2D eigenvalue weighted by atomic mass is 16.1. The molecule has 118 valence electrons. The number of benzene rings is 2. The van der Waals surface area contributed by atoms with Gasteiger partial charge in [0.2, 0.25) is 0 Å². The van der Waals surface area contributed by atoms with E-state index in [0.29, 0.717) is 0 Å². The maximum absolute atomic E-state index is 12.9. The van der Waals surface area contributed by atoms with E-state index in [2.05, 4.69) is 50.1 Å². The fourth-order valence-electron chi connectivity index (χ4n) is 2.80. The molecule has 0 radical (unpaired) electrons. The standard InChI is InChI=1S/C20H22N2O/c1-13(2)18-19(16-9-5-14(3)6-10-16)21-22(20(18)23)17-11-7-15(4)8-12-17/h5-13,21H,1-4H3. The number of hydrogen-bond donors (Lipinski definition) is 1. The van der Waals surface area contributed by atoms with Gasteiger partial charge in [-0.2, -0.15) is 0 Å². The van der Waals surface area contributed by atoms with Crippen molar-refractivity contribution >= 4 is 0 Å². The summed E-state index contributed by atoms with van der Waals surface area (Å²) in [4.78, 5) is 12.9. The summed E-state index contributed by atoms with van der Waals surface area (Å²) < 4.78 is 1.64. The molecule has 0 saturated heterocycles. The third kappa shape index (κ3) is 2.87. The van der Waals surface area contributed by atoms with Gasteiger partial charge >= 0.3 is 0 Å². The number of rotatable bonds is 3. The molecule has 1 N–H and O–H groups in total. The number of nitrogens with zero attached hydrogens (tertiary/aromatic N) is 1. The topological polar surface area (TPSA) is 37.8 Å². The van der Waals surface area contributed by atoms with Crippen molar-refractivity contribution in [2.24, 2.45) is 0 Å². The summed E-state index contributed by atoms with van der Waals surface area (Å²) >= 11 is 0. The van der Waals surface area contributed by atoms with E-state index in [1.807, 2.05) is 31.2 Å². The minimum Gasteiger partial charge on any atom is -0.290 e. The van der Waals surface area contributed by atoms with Gasteiger partial charge in [-0.15, -0.1) is 0 Å². The van der Waals surface area contributed by atoms with Crippen LogP contribution in [-0.2, 0) is 0 Å². The third-order valence-corrected chi connectivity index (χ3v) is 4.14. The SMILES string of the molecule is Cc1ccc(-c2[nH]n(-c3ccc(C)cc3)c(=O)c2C(C)C)cc1. The highest BCUT2D eigenvalue weighted by molar-refractivity contribution is 5.64. The summed E-state index contributed by atoms with van der Waals surface area (Å²) in [5.74, 6) is 0.154. The normalized spacial score (nSPS) is 11.2. The van der Waals surface area contributed by atoms with Crippen LogP contribution in [0.1, 0.15) is 36.5 Å². The Morgan fingerprint density at radius 2 is 1.39 bits per heavy atom. The lowest BCUT2D eigenvalue weighted by atomic mass is 9.99. The van der Waals surface area contributed by atoms with E-state index in [0.717, 1.165) is 22.5 Å². The van der Waals surface area contributed by atoms with Crippen molar-refractivity contribution in [3.05, 3.63) is 75.6 Å². The molecule has 0 spiro atoms. The molecule has 0 aliphatic rings.